The van der Waals surface area contributed by atoms with Crippen molar-refractivity contribution in [3.05, 3.63) is 47.5 Å². The summed E-state index contributed by atoms with van der Waals surface area (Å²) in [5.74, 6) is -4.63. The standard InChI is InChI=1S/C16H10ClF5N2O4/c17-8-5-6-11-12(7-8)28-16(27-11,15(20,21)22)24-14(25)23-9-3-1-2-4-10(9)26-13(18)19/h1-7,13H,(H2,23,24,25). The summed E-state index contributed by atoms with van der Waals surface area (Å²) in [6.07, 6.45) is -5.20. The highest BCUT2D eigenvalue weighted by molar-refractivity contribution is 6.30. The van der Waals surface area contributed by atoms with Crippen LogP contribution in [0.5, 0.6) is 17.2 Å². The molecular formula is C16H10ClF5N2O4. The molecule has 150 valence electrons. The van der Waals surface area contributed by atoms with Crippen molar-refractivity contribution in [1.82, 2.24) is 5.32 Å². The van der Waals surface area contributed by atoms with Crippen LogP contribution >= 0.6 is 11.6 Å². The largest absolute Gasteiger partial charge is 0.492 e. The van der Waals surface area contributed by atoms with Crippen LogP contribution in [0, 0.1) is 0 Å². The Morgan fingerprint density at radius 2 is 1.79 bits per heavy atom. The molecule has 3 rings (SSSR count). The van der Waals surface area contributed by atoms with E-state index >= 15 is 0 Å². The molecule has 1 unspecified atom stereocenters. The van der Waals surface area contributed by atoms with E-state index in [1.165, 1.54) is 23.5 Å². The maximum Gasteiger partial charge on any atom is 0.492 e. The molecule has 1 aliphatic heterocycles. The Bertz CT molecular complexity index is 896. The summed E-state index contributed by atoms with van der Waals surface area (Å²) in [6.45, 7) is -3.20. The second-order valence-corrected chi connectivity index (χ2v) is 5.80. The number of halogens is 6. The van der Waals surface area contributed by atoms with Crippen LogP contribution in [0.25, 0.3) is 0 Å². The summed E-state index contributed by atoms with van der Waals surface area (Å²) >= 11 is 5.71. The van der Waals surface area contributed by atoms with Crippen LogP contribution in [0.3, 0.4) is 0 Å². The molecule has 1 aliphatic rings. The van der Waals surface area contributed by atoms with Gasteiger partial charge in [0.05, 0.1) is 5.69 Å². The van der Waals surface area contributed by atoms with Gasteiger partial charge in [-0.25, -0.2) is 4.79 Å². The van der Waals surface area contributed by atoms with Crippen LogP contribution in [0.4, 0.5) is 32.4 Å². The zero-order valence-corrected chi connectivity index (χ0v) is 14.3. The number of para-hydroxylation sites is 2. The zero-order valence-electron chi connectivity index (χ0n) is 13.5. The maximum absolute atomic E-state index is 13.6. The van der Waals surface area contributed by atoms with Gasteiger partial charge < -0.3 is 19.5 Å². The molecule has 12 heteroatoms. The third-order valence-electron chi connectivity index (χ3n) is 3.42. The Balaban J connectivity index is 1.82. The molecule has 1 heterocycles. The predicted octanol–water partition coefficient (Wildman–Crippen LogP) is 4.75. The van der Waals surface area contributed by atoms with E-state index in [-0.39, 0.29) is 22.2 Å². The highest BCUT2D eigenvalue weighted by atomic mass is 35.5. The van der Waals surface area contributed by atoms with Crippen LogP contribution in [-0.4, -0.2) is 24.7 Å². The van der Waals surface area contributed by atoms with Gasteiger partial charge in [-0.05, 0) is 24.3 Å². The average Bonchev–Trinajstić information content (AvgIpc) is 2.94. The van der Waals surface area contributed by atoms with Crippen LogP contribution in [-0.2, 0) is 0 Å². The first-order valence-corrected chi connectivity index (χ1v) is 7.85. The Kier molecular flexibility index (Phi) is 5.11. The molecule has 28 heavy (non-hydrogen) atoms. The van der Waals surface area contributed by atoms with Gasteiger partial charge in [0.2, 0.25) is 0 Å². The molecule has 0 aliphatic carbocycles. The number of urea groups is 1. The van der Waals surface area contributed by atoms with Gasteiger partial charge in [-0.1, -0.05) is 23.7 Å². The minimum Gasteiger partial charge on any atom is -0.433 e. The van der Waals surface area contributed by atoms with E-state index < -0.39 is 30.5 Å². The monoisotopic (exact) mass is 424 g/mol. The second-order valence-electron chi connectivity index (χ2n) is 5.36. The predicted molar refractivity (Wildman–Crippen MR) is 86.7 cm³/mol. The molecule has 0 saturated carbocycles. The number of alkyl halides is 5. The summed E-state index contributed by atoms with van der Waals surface area (Å²) in [5.41, 5.74) is -0.295. The number of carbonyl (C=O) groups excluding carboxylic acids is 1. The van der Waals surface area contributed by atoms with Gasteiger partial charge in [-0.3, -0.25) is 5.32 Å². The first-order chi connectivity index (χ1) is 13.1. The van der Waals surface area contributed by atoms with Crippen molar-refractivity contribution in [2.75, 3.05) is 5.32 Å². The minimum atomic E-state index is -5.20. The van der Waals surface area contributed by atoms with Crippen molar-refractivity contribution in [3.8, 4) is 17.2 Å². The molecule has 0 radical (unpaired) electrons. The molecule has 0 aromatic heterocycles. The Labute approximate surface area is 159 Å². The number of hydrogen-bond donors (Lipinski definition) is 2. The molecule has 0 saturated heterocycles. The number of rotatable bonds is 4. The molecule has 2 N–H and O–H groups in total. The van der Waals surface area contributed by atoms with Gasteiger partial charge >= 0.3 is 24.7 Å². The SMILES string of the molecule is O=C(Nc1ccccc1OC(F)F)NC1(C(F)(F)F)Oc2ccc(Cl)cc2O1. The van der Waals surface area contributed by atoms with Crippen LogP contribution in [0.15, 0.2) is 42.5 Å². The number of hydrogen-bond acceptors (Lipinski definition) is 4. The highest BCUT2D eigenvalue weighted by Crippen LogP contribution is 2.46. The zero-order chi connectivity index (χ0) is 20.5. The smallest absolute Gasteiger partial charge is 0.433 e. The number of ether oxygens (including phenoxy) is 3. The topological polar surface area (TPSA) is 68.8 Å². The maximum atomic E-state index is 13.6. The van der Waals surface area contributed by atoms with Crippen molar-refractivity contribution in [3.63, 3.8) is 0 Å². The third kappa shape index (κ3) is 3.98. The third-order valence-corrected chi connectivity index (χ3v) is 3.65. The second kappa shape index (κ2) is 7.23. The summed E-state index contributed by atoms with van der Waals surface area (Å²) < 4.78 is 79.4. The van der Waals surface area contributed by atoms with E-state index in [1.54, 1.807) is 0 Å². The molecule has 0 bridgehead atoms. The van der Waals surface area contributed by atoms with Gasteiger partial charge in [-0.2, -0.15) is 22.0 Å². The van der Waals surface area contributed by atoms with E-state index in [0.717, 1.165) is 24.3 Å². The number of anilines is 1. The van der Waals surface area contributed by atoms with Gasteiger partial charge in [-0.15, -0.1) is 0 Å². The lowest BCUT2D eigenvalue weighted by molar-refractivity contribution is -0.317. The van der Waals surface area contributed by atoms with Crippen LogP contribution in [0.2, 0.25) is 5.02 Å². The molecule has 0 spiro atoms. The molecule has 6 nitrogen and oxygen atoms in total. The van der Waals surface area contributed by atoms with Gasteiger partial charge in [0.1, 0.15) is 5.75 Å². The van der Waals surface area contributed by atoms with Crippen LogP contribution in [0.1, 0.15) is 0 Å². The molecule has 1 atom stereocenters. The van der Waals surface area contributed by atoms with E-state index in [0.29, 0.717) is 0 Å². The number of nitrogens with one attached hydrogen (secondary N) is 2. The molecular weight excluding hydrogens is 415 g/mol. The normalized spacial score (nSPS) is 18.1. The summed E-state index contributed by atoms with van der Waals surface area (Å²) in [4.78, 5) is 12.1. The van der Waals surface area contributed by atoms with Crippen LogP contribution < -0.4 is 24.8 Å². The fraction of sp³-hybridized carbons (Fsp3) is 0.188. The fourth-order valence-electron chi connectivity index (χ4n) is 2.29. The summed E-state index contributed by atoms with van der Waals surface area (Å²) in [6, 6.07) is 6.99. The quantitative estimate of drug-likeness (QED) is 0.695. The lowest BCUT2D eigenvalue weighted by atomic mass is 10.3. The van der Waals surface area contributed by atoms with Crippen molar-refractivity contribution in [2.24, 2.45) is 0 Å². The van der Waals surface area contributed by atoms with E-state index in [4.69, 9.17) is 21.1 Å². The number of fused-ring (bicyclic) bond motifs is 1. The lowest BCUT2D eigenvalue weighted by Gasteiger charge is -2.29. The van der Waals surface area contributed by atoms with E-state index in [9.17, 15) is 26.7 Å². The van der Waals surface area contributed by atoms with E-state index in [2.05, 4.69) is 4.74 Å². The lowest BCUT2D eigenvalue weighted by Crippen LogP contribution is -2.65. The molecule has 2 aromatic carbocycles. The summed E-state index contributed by atoms with van der Waals surface area (Å²) in [7, 11) is 0. The van der Waals surface area contributed by atoms with Gasteiger partial charge in [0.25, 0.3) is 0 Å². The van der Waals surface area contributed by atoms with Crippen molar-refractivity contribution >= 4 is 23.3 Å². The highest BCUT2D eigenvalue weighted by Gasteiger charge is 2.65. The Hall–Kier alpha value is -2.95. The number of carbonyl (C=O) groups is 1. The van der Waals surface area contributed by atoms with E-state index in [1.807, 2.05) is 5.32 Å². The molecule has 0 fully saturated rings. The fourth-order valence-corrected chi connectivity index (χ4v) is 2.45. The molecule has 2 amide bonds. The first-order valence-electron chi connectivity index (χ1n) is 7.47. The average molecular weight is 425 g/mol. The number of benzene rings is 2. The minimum absolute atomic E-state index is 0.0860. The van der Waals surface area contributed by atoms with Crippen molar-refractivity contribution in [2.45, 2.75) is 18.7 Å². The first kappa shape index (κ1) is 19.8. The van der Waals surface area contributed by atoms with Crippen molar-refractivity contribution in [1.29, 1.82) is 0 Å². The number of amides is 2. The Morgan fingerprint density at radius 1 is 1.11 bits per heavy atom. The molecule has 2 aromatic rings. The Morgan fingerprint density at radius 3 is 2.46 bits per heavy atom. The van der Waals surface area contributed by atoms with Crippen molar-refractivity contribution < 1.29 is 41.0 Å². The summed E-state index contributed by atoms with van der Waals surface area (Å²) in [5, 5.41) is 3.59. The van der Waals surface area contributed by atoms with Gasteiger partial charge in [0, 0.05) is 11.1 Å². The van der Waals surface area contributed by atoms with Gasteiger partial charge in [0.15, 0.2) is 11.5 Å².